The molecule has 4 aromatic rings. The first-order valence-corrected chi connectivity index (χ1v) is 11.9. The lowest BCUT2D eigenvalue weighted by Crippen LogP contribution is -2.29. The molecule has 1 atom stereocenters. The first kappa shape index (κ1) is 22.6. The normalized spacial score (nSPS) is 17.2. The van der Waals surface area contributed by atoms with Crippen molar-refractivity contribution in [3.63, 3.8) is 0 Å². The number of nitrogens with zero attached hydrogens (tertiary/aromatic N) is 2. The summed E-state index contributed by atoms with van der Waals surface area (Å²) in [6.07, 6.45) is 0. The van der Waals surface area contributed by atoms with Crippen LogP contribution in [0.25, 0.3) is 16.0 Å². The van der Waals surface area contributed by atoms with E-state index in [0.29, 0.717) is 39.9 Å². The van der Waals surface area contributed by atoms with Gasteiger partial charge in [0.05, 0.1) is 35.5 Å². The molecule has 1 saturated heterocycles. The van der Waals surface area contributed by atoms with Crippen molar-refractivity contribution in [2.45, 2.75) is 13.0 Å². The van der Waals surface area contributed by atoms with Gasteiger partial charge in [-0.1, -0.05) is 41.7 Å². The van der Waals surface area contributed by atoms with Gasteiger partial charge in [-0.25, -0.2) is 4.98 Å². The zero-order valence-corrected chi connectivity index (χ0v) is 19.9. The number of aliphatic hydroxyl groups excluding tert-OH is 1. The number of fused-ring (bicyclic) bond motifs is 1. The Kier molecular flexibility index (Phi) is 5.96. The Morgan fingerprint density at radius 2 is 1.74 bits per heavy atom. The van der Waals surface area contributed by atoms with Crippen molar-refractivity contribution in [3.05, 3.63) is 89.5 Å². The van der Waals surface area contributed by atoms with Crippen LogP contribution in [0.5, 0.6) is 11.5 Å². The van der Waals surface area contributed by atoms with E-state index in [4.69, 9.17) is 9.47 Å². The van der Waals surface area contributed by atoms with Gasteiger partial charge < -0.3 is 14.6 Å². The van der Waals surface area contributed by atoms with Crippen LogP contribution in [-0.2, 0) is 9.59 Å². The van der Waals surface area contributed by atoms with E-state index in [-0.39, 0.29) is 11.3 Å². The molecular formula is C27H22N2O5S. The average Bonchev–Trinajstić information content (AvgIpc) is 3.42. The molecule has 1 aliphatic rings. The maximum absolute atomic E-state index is 13.3. The summed E-state index contributed by atoms with van der Waals surface area (Å²) in [5.41, 5.74) is 1.81. The van der Waals surface area contributed by atoms with Gasteiger partial charge in [0.15, 0.2) is 5.13 Å². The first-order valence-electron chi connectivity index (χ1n) is 11.1. The number of hydrogen-bond donors (Lipinski definition) is 1. The van der Waals surface area contributed by atoms with Crippen LogP contribution in [0.2, 0.25) is 0 Å². The molecule has 1 aliphatic heterocycles. The fraction of sp³-hybridized carbons (Fsp3) is 0.148. The van der Waals surface area contributed by atoms with E-state index in [0.717, 1.165) is 4.70 Å². The average molecular weight is 487 g/mol. The Morgan fingerprint density at radius 1 is 1.03 bits per heavy atom. The van der Waals surface area contributed by atoms with Crippen molar-refractivity contribution < 1.29 is 24.2 Å². The number of amides is 1. The topological polar surface area (TPSA) is 89.0 Å². The highest BCUT2D eigenvalue weighted by atomic mass is 32.1. The van der Waals surface area contributed by atoms with Crippen LogP contribution in [-0.4, -0.2) is 35.5 Å². The maximum atomic E-state index is 13.3. The molecule has 1 fully saturated rings. The second-order valence-corrected chi connectivity index (χ2v) is 8.88. The van der Waals surface area contributed by atoms with Gasteiger partial charge >= 0.3 is 5.91 Å². The van der Waals surface area contributed by atoms with Crippen molar-refractivity contribution in [2.75, 3.05) is 18.6 Å². The third-order valence-corrected chi connectivity index (χ3v) is 6.81. The first-order chi connectivity index (χ1) is 17.0. The molecule has 0 aliphatic carbocycles. The van der Waals surface area contributed by atoms with Gasteiger partial charge in [0.1, 0.15) is 17.3 Å². The van der Waals surface area contributed by atoms with Crippen molar-refractivity contribution in [2.24, 2.45) is 0 Å². The van der Waals surface area contributed by atoms with Crippen LogP contribution in [0.1, 0.15) is 24.1 Å². The van der Waals surface area contributed by atoms with E-state index in [1.165, 1.54) is 16.2 Å². The summed E-state index contributed by atoms with van der Waals surface area (Å²) in [6, 6.07) is 20.5. The number of carbonyl (C=O) groups excluding carboxylic acids is 2. The van der Waals surface area contributed by atoms with Gasteiger partial charge in [-0.05, 0) is 55.0 Å². The number of rotatable bonds is 6. The second kappa shape index (κ2) is 9.23. The number of ether oxygens (including phenoxy) is 2. The third-order valence-electron chi connectivity index (χ3n) is 5.79. The lowest BCUT2D eigenvalue weighted by Gasteiger charge is -2.22. The number of aliphatic hydroxyl groups is 1. The van der Waals surface area contributed by atoms with Crippen LogP contribution < -0.4 is 14.4 Å². The molecule has 8 heteroatoms. The molecule has 0 unspecified atom stereocenters. The Balaban J connectivity index is 1.66. The van der Waals surface area contributed by atoms with Crippen LogP contribution in [0, 0.1) is 0 Å². The molecule has 1 N–H and O–H groups in total. The zero-order chi connectivity index (χ0) is 24.5. The van der Waals surface area contributed by atoms with E-state index < -0.39 is 17.7 Å². The predicted molar refractivity (Wildman–Crippen MR) is 135 cm³/mol. The molecular weight excluding hydrogens is 464 g/mol. The number of carbonyl (C=O) groups is 2. The summed E-state index contributed by atoms with van der Waals surface area (Å²) in [7, 11) is 1.55. The van der Waals surface area contributed by atoms with Crippen molar-refractivity contribution >= 4 is 44.1 Å². The van der Waals surface area contributed by atoms with Crippen LogP contribution in [0.15, 0.2) is 78.4 Å². The van der Waals surface area contributed by atoms with Crippen molar-refractivity contribution in [1.82, 2.24) is 4.98 Å². The third kappa shape index (κ3) is 4.02. The summed E-state index contributed by atoms with van der Waals surface area (Å²) in [5.74, 6) is -0.430. The lowest BCUT2D eigenvalue weighted by atomic mass is 9.95. The minimum Gasteiger partial charge on any atom is -0.507 e. The molecule has 35 heavy (non-hydrogen) atoms. The molecule has 1 amide bonds. The Bertz CT molecular complexity index is 1440. The number of ketones is 1. The van der Waals surface area contributed by atoms with E-state index in [1.54, 1.807) is 31.4 Å². The summed E-state index contributed by atoms with van der Waals surface area (Å²) in [5, 5.41) is 11.6. The minimum absolute atomic E-state index is 0.0145. The Morgan fingerprint density at radius 3 is 2.43 bits per heavy atom. The second-order valence-electron chi connectivity index (χ2n) is 7.87. The molecule has 176 valence electrons. The molecule has 0 spiro atoms. The van der Waals surface area contributed by atoms with Gasteiger partial charge in [0.2, 0.25) is 0 Å². The molecule has 1 aromatic heterocycles. The number of methoxy groups -OCH3 is 1. The zero-order valence-electron chi connectivity index (χ0n) is 19.1. The molecule has 0 radical (unpaired) electrons. The molecule has 2 heterocycles. The number of hydrogen-bond acceptors (Lipinski definition) is 7. The van der Waals surface area contributed by atoms with Gasteiger partial charge in [-0.2, -0.15) is 0 Å². The fourth-order valence-electron chi connectivity index (χ4n) is 4.14. The lowest BCUT2D eigenvalue weighted by molar-refractivity contribution is -0.132. The highest BCUT2D eigenvalue weighted by Crippen LogP contribution is 2.44. The van der Waals surface area contributed by atoms with Gasteiger partial charge in [0.25, 0.3) is 5.78 Å². The highest BCUT2D eigenvalue weighted by molar-refractivity contribution is 7.22. The van der Waals surface area contributed by atoms with Crippen LogP contribution >= 0.6 is 11.3 Å². The highest BCUT2D eigenvalue weighted by Gasteiger charge is 2.48. The summed E-state index contributed by atoms with van der Waals surface area (Å²) in [6.45, 7) is 2.44. The number of anilines is 1. The summed E-state index contributed by atoms with van der Waals surface area (Å²) >= 11 is 1.29. The summed E-state index contributed by atoms with van der Waals surface area (Å²) < 4.78 is 11.6. The fourth-order valence-corrected chi connectivity index (χ4v) is 5.16. The van der Waals surface area contributed by atoms with Crippen LogP contribution in [0.3, 0.4) is 0 Å². The van der Waals surface area contributed by atoms with Gasteiger partial charge in [-0.3, -0.25) is 14.5 Å². The van der Waals surface area contributed by atoms with Crippen molar-refractivity contribution in [3.8, 4) is 11.5 Å². The maximum Gasteiger partial charge on any atom is 0.301 e. The van der Waals surface area contributed by atoms with Gasteiger partial charge in [0, 0.05) is 5.56 Å². The molecule has 5 rings (SSSR count). The summed E-state index contributed by atoms with van der Waals surface area (Å²) in [4.78, 5) is 32.6. The Labute approximate surface area is 205 Å². The number of Topliss-reactive ketones (excluding diaryl/α,β-unsaturated/α-hetero) is 1. The van der Waals surface area contributed by atoms with E-state index in [9.17, 15) is 14.7 Å². The minimum atomic E-state index is -0.828. The molecule has 0 saturated carbocycles. The smallest absolute Gasteiger partial charge is 0.301 e. The van der Waals surface area contributed by atoms with E-state index in [1.807, 2.05) is 55.5 Å². The number of thiazole rings is 1. The quantitative estimate of drug-likeness (QED) is 0.225. The molecule has 0 bridgehead atoms. The van der Waals surface area contributed by atoms with E-state index >= 15 is 0 Å². The number of benzene rings is 3. The Hall–Kier alpha value is -4.17. The van der Waals surface area contributed by atoms with Gasteiger partial charge in [-0.15, -0.1) is 0 Å². The monoisotopic (exact) mass is 486 g/mol. The van der Waals surface area contributed by atoms with E-state index in [2.05, 4.69) is 4.98 Å². The van der Waals surface area contributed by atoms with Crippen LogP contribution in [0.4, 0.5) is 5.13 Å². The largest absolute Gasteiger partial charge is 0.507 e. The SMILES string of the molecule is CCOc1ccc2nc(N3C(=O)C(=O)/C(=C(/O)c4ccc(OC)cc4)[C@H]3c3ccccc3)sc2c1. The predicted octanol–water partition coefficient (Wildman–Crippen LogP) is 5.33. The standard InChI is InChI=1S/C27H22N2O5S/c1-3-34-19-13-14-20-21(15-19)35-27(28-20)29-23(16-7-5-4-6-8-16)22(25(31)26(29)32)24(30)17-9-11-18(33-2)12-10-17/h4-15,23,30H,3H2,1-2H3/b24-22+/t23-/m1/s1. The number of aromatic nitrogens is 1. The van der Waals surface area contributed by atoms with Crippen molar-refractivity contribution in [1.29, 1.82) is 0 Å². The molecule has 3 aromatic carbocycles. The molecule has 7 nitrogen and oxygen atoms in total.